The first kappa shape index (κ1) is 15.6. The summed E-state index contributed by atoms with van der Waals surface area (Å²) in [6.45, 7) is 0.0763. The molecule has 0 radical (unpaired) electrons. The van der Waals surface area contributed by atoms with E-state index in [0.29, 0.717) is 31.4 Å². The molecule has 1 aromatic rings. The van der Waals surface area contributed by atoms with Crippen LogP contribution in [0.5, 0.6) is 5.75 Å². The molecule has 0 unspecified atom stereocenters. The fourth-order valence-electron chi connectivity index (χ4n) is 1.41. The summed E-state index contributed by atoms with van der Waals surface area (Å²) in [4.78, 5) is 9.38. The van der Waals surface area contributed by atoms with Crippen molar-refractivity contribution >= 4 is 11.5 Å². The van der Waals surface area contributed by atoms with E-state index < -0.39 is 28.0 Å². The minimum Gasteiger partial charge on any atom is -0.490 e. The van der Waals surface area contributed by atoms with E-state index in [2.05, 4.69) is 5.16 Å². The lowest BCUT2D eigenvalue weighted by atomic mass is 10.2. The van der Waals surface area contributed by atoms with Gasteiger partial charge in [0.2, 0.25) is 5.82 Å². The van der Waals surface area contributed by atoms with Gasteiger partial charge in [-0.3, -0.25) is 10.1 Å². The molecule has 1 aromatic carbocycles. The van der Waals surface area contributed by atoms with Gasteiger partial charge in [0.05, 0.1) is 17.6 Å². The third kappa shape index (κ3) is 4.34. The number of rotatable bonds is 7. The summed E-state index contributed by atoms with van der Waals surface area (Å²) in [5, 5.41) is 21.5. The number of hydrogen-bond acceptors (Lipinski definition) is 5. The number of nitro groups is 1. The summed E-state index contributed by atoms with van der Waals surface area (Å²) in [6.07, 6.45) is 1.35. The maximum atomic E-state index is 13.4. The van der Waals surface area contributed by atoms with Gasteiger partial charge in [0.1, 0.15) is 5.84 Å². The van der Waals surface area contributed by atoms with Crippen molar-refractivity contribution in [3.05, 3.63) is 33.9 Å². The molecule has 0 saturated heterocycles. The zero-order chi connectivity index (χ0) is 15.1. The molecule has 0 spiro atoms. The van der Waals surface area contributed by atoms with Crippen LogP contribution in [0.4, 0.5) is 14.5 Å². The Morgan fingerprint density at radius 2 is 2.10 bits per heavy atom. The van der Waals surface area contributed by atoms with Crippen molar-refractivity contribution < 1.29 is 23.6 Å². The Hall–Kier alpha value is -2.45. The van der Waals surface area contributed by atoms with E-state index in [1.54, 1.807) is 0 Å². The highest BCUT2D eigenvalue weighted by Crippen LogP contribution is 2.26. The molecule has 9 heteroatoms. The van der Waals surface area contributed by atoms with Crippen molar-refractivity contribution in [2.24, 2.45) is 10.9 Å². The summed E-state index contributed by atoms with van der Waals surface area (Å²) in [5.74, 6) is -2.49. The fourth-order valence-corrected chi connectivity index (χ4v) is 1.41. The highest BCUT2D eigenvalue weighted by atomic mass is 19.1. The number of oxime groups is 1. The molecule has 1 rings (SSSR count). The second-order valence-corrected chi connectivity index (χ2v) is 3.89. The molecule has 0 aliphatic rings. The molecule has 0 fully saturated rings. The molecular formula is C11H13F2N3O4. The van der Waals surface area contributed by atoms with Gasteiger partial charge in [-0.05, 0) is 12.8 Å². The van der Waals surface area contributed by atoms with Crippen LogP contribution < -0.4 is 10.5 Å². The van der Waals surface area contributed by atoms with Gasteiger partial charge in [-0.15, -0.1) is 0 Å². The topological polar surface area (TPSA) is 111 Å². The van der Waals surface area contributed by atoms with Crippen molar-refractivity contribution in [3.8, 4) is 5.75 Å². The van der Waals surface area contributed by atoms with Crippen molar-refractivity contribution in [2.45, 2.75) is 19.3 Å². The van der Waals surface area contributed by atoms with Gasteiger partial charge in [0.25, 0.3) is 0 Å². The average Bonchev–Trinajstić information content (AvgIpc) is 2.40. The van der Waals surface area contributed by atoms with E-state index in [1.165, 1.54) is 0 Å². The Kier molecular flexibility index (Phi) is 5.63. The summed E-state index contributed by atoms with van der Waals surface area (Å²) >= 11 is 0. The second-order valence-electron chi connectivity index (χ2n) is 3.89. The first-order valence-electron chi connectivity index (χ1n) is 5.68. The Balaban J connectivity index is 2.53. The summed E-state index contributed by atoms with van der Waals surface area (Å²) < 4.78 is 31.7. The van der Waals surface area contributed by atoms with Crippen LogP contribution in [0.25, 0.3) is 0 Å². The molecule has 7 nitrogen and oxygen atoms in total. The fraction of sp³-hybridized carbons (Fsp3) is 0.364. The first-order chi connectivity index (χ1) is 9.45. The Morgan fingerprint density at radius 3 is 2.70 bits per heavy atom. The number of unbranched alkanes of at least 4 members (excludes halogenated alkanes) is 1. The van der Waals surface area contributed by atoms with Gasteiger partial charge in [-0.2, -0.15) is 4.39 Å². The van der Waals surface area contributed by atoms with Crippen molar-refractivity contribution in [3.63, 3.8) is 0 Å². The zero-order valence-corrected chi connectivity index (χ0v) is 10.4. The van der Waals surface area contributed by atoms with Crippen molar-refractivity contribution in [1.29, 1.82) is 0 Å². The predicted octanol–water partition coefficient (Wildman–Crippen LogP) is 2.17. The normalized spacial score (nSPS) is 11.4. The molecule has 0 saturated carbocycles. The molecule has 0 amide bonds. The molecular weight excluding hydrogens is 276 g/mol. The minimum absolute atomic E-state index is 0.0672. The monoisotopic (exact) mass is 289 g/mol. The van der Waals surface area contributed by atoms with Crippen LogP contribution in [-0.4, -0.2) is 22.6 Å². The molecule has 0 atom stereocenters. The van der Waals surface area contributed by atoms with E-state index >= 15 is 0 Å². The minimum atomic E-state index is -1.16. The van der Waals surface area contributed by atoms with Crippen LogP contribution in [0, 0.1) is 21.7 Å². The number of amidine groups is 1. The van der Waals surface area contributed by atoms with Gasteiger partial charge < -0.3 is 15.7 Å². The number of hydrogen-bond donors (Lipinski definition) is 2. The Morgan fingerprint density at radius 1 is 1.40 bits per heavy atom. The quantitative estimate of drug-likeness (QED) is 0.199. The number of nitro benzene ring substituents is 1. The van der Waals surface area contributed by atoms with Crippen LogP contribution in [0.15, 0.2) is 17.3 Å². The Bertz CT molecular complexity index is 523. The van der Waals surface area contributed by atoms with Crippen LogP contribution in [0.2, 0.25) is 0 Å². The van der Waals surface area contributed by atoms with E-state index in [1.807, 2.05) is 0 Å². The lowest BCUT2D eigenvalue weighted by Gasteiger charge is -2.07. The molecule has 0 aliphatic heterocycles. The third-order valence-electron chi connectivity index (χ3n) is 2.41. The van der Waals surface area contributed by atoms with Gasteiger partial charge in [-0.25, -0.2) is 4.39 Å². The van der Waals surface area contributed by atoms with Gasteiger partial charge in [-0.1, -0.05) is 5.16 Å². The number of benzene rings is 1. The van der Waals surface area contributed by atoms with Crippen LogP contribution in [-0.2, 0) is 0 Å². The third-order valence-corrected chi connectivity index (χ3v) is 2.41. The molecule has 110 valence electrons. The zero-order valence-electron chi connectivity index (χ0n) is 10.4. The van der Waals surface area contributed by atoms with E-state index in [4.69, 9.17) is 15.7 Å². The number of halogens is 2. The summed E-state index contributed by atoms with van der Waals surface area (Å²) in [7, 11) is 0. The lowest BCUT2D eigenvalue weighted by Crippen LogP contribution is -2.11. The van der Waals surface area contributed by atoms with Crippen molar-refractivity contribution in [2.75, 3.05) is 6.61 Å². The number of ether oxygens (including phenoxy) is 1. The SMILES string of the molecule is NC(CCCCOc1cc(F)c([N+](=O)[O-])cc1F)=NO. The van der Waals surface area contributed by atoms with Crippen LogP contribution >= 0.6 is 0 Å². The van der Waals surface area contributed by atoms with Gasteiger partial charge in [0.15, 0.2) is 11.6 Å². The average molecular weight is 289 g/mol. The first-order valence-corrected chi connectivity index (χ1v) is 5.68. The molecule has 20 heavy (non-hydrogen) atoms. The van der Waals surface area contributed by atoms with E-state index in [-0.39, 0.29) is 12.4 Å². The molecule has 0 bridgehead atoms. The highest BCUT2D eigenvalue weighted by Gasteiger charge is 2.19. The Labute approximate surface area is 112 Å². The molecule has 3 N–H and O–H groups in total. The maximum absolute atomic E-state index is 13.4. The molecule has 0 aliphatic carbocycles. The van der Waals surface area contributed by atoms with Crippen LogP contribution in [0.3, 0.4) is 0 Å². The molecule has 0 heterocycles. The molecule has 0 aromatic heterocycles. The van der Waals surface area contributed by atoms with Crippen LogP contribution in [0.1, 0.15) is 19.3 Å². The number of nitrogens with zero attached hydrogens (tertiary/aromatic N) is 2. The number of nitrogens with two attached hydrogens (primary N) is 1. The standard InChI is InChI=1S/C11H13F2N3O4/c12-7-6-10(8(13)5-9(7)16(18)19)20-4-2-1-3-11(14)15-17/h5-6,17H,1-4H2,(H2,14,15). The highest BCUT2D eigenvalue weighted by molar-refractivity contribution is 5.79. The van der Waals surface area contributed by atoms with E-state index in [0.717, 1.165) is 0 Å². The van der Waals surface area contributed by atoms with E-state index in [9.17, 15) is 18.9 Å². The largest absolute Gasteiger partial charge is 0.490 e. The van der Waals surface area contributed by atoms with Gasteiger partial charge in [0, 0.05) is 12.5 Å². The maximum Gasteiger partial charge on any atom is 0.307 e. The van der Waals surface area contributed by atoms with Crippen molar-refractivity contribution in [1.82, 2.24) is 0 Å². The summed E-state index contributed by atoms with van der Waals surface area (Å²) in [5.41, 5.74) is 4.30. The predicted molar refractivity (Wildman–Crippen MR) is 65.8 cm³/mol. The lowest BCUT2D eigenvalue weighted by molar-refractivity contribution is -0.387. The summed E-state index contributed by atoms with van der Waals surface area (Å²) in [6, 6.07) is 1.11. The second kappa shape index (κ2) is 7.22. The smallest absolute Gasteiger partial charge is 0.307 e. The van der Waals surface area contributed by atoms with Gasteiger partial charge >= 0.3 is 5.69 Å².